The van der Waals surface area contributed by atoms with Crippen LogP contribution in [0.5, 0.6) is 5.75 Å². The van der Waals surface area contributed by atoms with Crippen molar-refractivity contribution in [3.05, 3.63) is 77.4 Å². The first-order valence-electron chi connectivity index (χ1n) is 12.7. The number of thiocarbonyl (C=S) groups is 1. The van der Waals surface area contributed by atoms with E-state index >= 15 is 0 Å². The minimum atomic E-state index is -0.00750. The van der Waals surface area contributed by atoms with Gasteiger partial charge < -0.3 is 24.3 Å². The zero-order chi connectivity index (χ0) is 25.1. The van der Waals surface area contributed by atoms with Crippen LogP contribution in [0, 0.1) is 13.8 Å². The molecule has 2 aliphatic rings. The standard InChI is InChI=1S/C28H35N5O2S/c1-20-19-24(21(2)33(20)22-8-10-23(34-3)11-9-22)27-26(25-7-4-5-12-29-25)30-28(36)32(27)14-6-13-31-15-17-35-18-16-31/h4-5,7-12,19,26-27H,6,13-18H2,1-3H3,(H,30,36)/t26-,27+/m0/s1. The summed E-state index contributed by atoms with van der Waals surface area (Å²) in [5.74, 6) is 0.855. The van der Waals surface area contributed by atoms with E-state index in [4.69, 9.17) is 26.7 Å². The van der Waals surface area contributed by atoms with Crippen LogP contribution in [0.1, 0.15) is 41.1 Å². The molecule has 0 spiro atoms. The maximum absolute atomic E-state index is 5.90. The molecule has 8 heteroatoms. The summed E-state index contributed by atoms with van der Waals surface area (Å²) in [6.07, 6.45) is 2.91. The molecule has 0 amide bonds. The molecule has 3 aromatic rings. The summed E-state index contributed by atoms with van der Waals surface area (Å²) < 4.78 is 13.2. The first-order chi connectivity index (χ1) is 17.6. The van der Waals surface area contributed by atoms with Crippen LogP contribution >= 0.6 is 12.2 Å². The van der Waals surface area contributed by atoms with Crippen LogP contribution < -0.4 is 10.1 Å². The first-order valence-corrected chi connectivity index (χ1v) is 13.1. The normalized spacial score (nSPS) is 20.5. The smallest absolute Gasteiger partial charge is 0.170 e. The average molecular weight is 506 g/mol. The van der Waals surface area contributed by atoms with Gasteiger partial charge in [0.15, 0.2) is 5.11 Å². The molecule has 2 aliphatic heterocycles. The molecule has 1 aromatic carbocycles. The lowest BCUT2D eigenvalue weighted by Crippen LogP contribution is -2.39. The second-order valence-electron chi connectivity index (χ2n) is 9.49. The van der Waals surface area contributed by atoms with Gasteiger partial charge in [0.1, 0.15) is 5.75 Å². The van der Waals surface area contributed by atoms with Crippen LogP contribution in [0.15, 0.2) is 54.7 Å². The summed E-state index contributed by atoms with van der Waals surface area (Å²) in [4.78, 5) is 9.56. The predicted octanol–water partition coefficient (Wildman–Crippen LogP) is 4.19. The zero-order valence-electron chi connectivity index (χ0n) is 21.3. The van der Waals surface area contributed by atoms with Crippen LogP contribution in [0.2, 0.25) is 0 Å². The third-order valence-electron chi connectivity index (χ3n) is 7.29. The van der Waals surface area contributed by atoms with Crippen molar-refractivity contribution in [3.63, 3.8) is 0 Å². The number of nitrogens with zero attached hydrogens (tertiary/aromatic N) is 4. The van der Waals surface area contributed by atoms with E-state index < -0.39 is 0 Å². The van der Waals surface area contributed by atoms with E-state index in [2.05, 4.69) is 57.8 Å². The van der Waals surface area contributed by atoms with Crippen LogP contribution in [-0.4, -0.2) is 71.0 Å². The highest BCUT2D eigenvalue weighted by atomic mass is 32.1. The van der Waals surface area contributed by atoms with Crippen molar-refractivity contribution in [2.75, 3.05) is 46.5 Å². The minimum Gasteiger partial charge on any atom is -0.497 e. The Morgan fingerprint density at radius 2 is 1.86 bits per heavy atom. The van der Waals surface area contributed by atoms with Crippen molar-refractivity contribution in [3.8, 4) is 11.4 Å². The molecule has 0 aliphatic carbocycles. The Kier molecular flexibility index (Phi) is 7.55. The zero-order valence-corrected chi connectivity index (χ0v) is 22.1. The summed E-state index contributed by atoms with van der Waals surface area (Å²) in [6.45, 7) is 9.97. The number of hydrogen-bond donors (Lipinski definition) is 1. The molecule has 0 radical (unpaired) electrons. The van der Waals surface area contributed by atoms with Crippen molar-refractivity contribution < 1.29 is 9.47 Å². The van der Waals surface area contributed by atoms with Gasteiger partial charge in [0.25, 0.3) is 0 Å². The highest BCUT2D eigenvalue weighted by molar-refractivity contribution is 7.80. The number of ether oxygens (including phenoxy) is 2. The van der Waals surface area contributed by atoms with E-state index in [1.165, 1.54) is 17.0 Å². The quantitative estimate of drug-likeness (QED) is 0.461. The number of aryl methyl sites for hydroxylation is 1. The van der Waals surface area contributed by atoms with E-state index in [1.807, 2.05) is 30.5 Å². The van der Waals surface area contributed by atoms with E-state index in [1.54, 1.807) is 7.11 Å². The summed E-state index contributed by atoms with van der Waals surface area (Å²) in [5, 5.41) is 4.40. The fourth-order valence-corrected chi connectivity index (χ4v) is 5.82. The number of methoxy groups -OCH3 is 1. The van der Waals surface area contributed by atoms with E-state index in [9.17, 15) is 0 Å². The fourth-order valence-electron chi connectivity index (χ4n) is 5.49. The largest absolute Gasteiger partial charge is 0.497 e. The van der Waals surface area contributed by atoms with Gasteiger partial charge in [0.05, 0.1) is 38.1 Å². The van der Waals surface area contributed by atoms with Crippen molar-refractivity contribution in [2.24, 2.45) is 0 Å². The second kappa shape index (κ2) is 11.0. The summed E-state index contributed by atoms with van der Waals surface area (Å²) >= 11 is 5.90. The van der Waals surface area contributed by atoms with E-state index in [0.717, 1.165) is 68.1 Å². The number of rotatable bonds is 8. The van der Waals surface area contributed by atoms with E-state index in [-0.39, 0.29) is 12.1 Å². The molecule has 0 bridgehead atoms. The lowest BCUT2D eigenvalue weighted by molar-refractivity contribution is 0.0365. The molecule has 36 heavy (non-hydrogen) atoms. The van der Waals surface area contributed by atoms with Gasteiger partial charge in [-0.15, -0.1) is 0 Å². The van der Waals surface area contributed by atoms with Crippen LogP contribution in [0.25, 0.3) is 5.69 Å². The Morgan fingerprint density at radius 1 is 1.08 bits per heavy atom. The number of aromatic nitrogens is 2. The monoisotopic (exact) mass is 505 g/mol. The van der Waals surface area contributed by atoms with Crippen molar-refractivity contribution in [1.29, 1.82) is 0 Å². The Bertz CT molecular complexity index is 1170. The SMILES string of the molecule is COc1ccc(-n2c(C)cc([C@@H]3[C@H](c4ccccn4)NC(=S)N3CCCN3CCOCC3)c2C)cc1. The number of pyridine rings is 1. The first kappa shape index (κ1) is 24.7. The van der Waals surface area contributed by atoms with Crippen LogP contribution in [0.3, 0.4) is 0 Å². The Hall–Kier alpha value is -2.94. The molecular formula is C28H35N5O2S. The second-order valence-corrected chi connectivity index (χ2v) is 9.87. The Labute approximate surface area is 219 Å². The topological polar surface area (TPSA) is 54.8 Å². The average Bonchev–Trinajstić information content (AvgIpc) is 3.39. The predicted molar refractivity (Wildman–Crippen MR) is 146 cm³/mol. The van der Waals surface area contributed by atoms with Gasteiger partial charge in [-0.1, -0.05) is 6.07 Å². The third kappa shape index (κ3) is 4.98. The van der Waals surface area contributed by atoms with E-state index in [0.29, 0.717) is 0 Å². The van der Waals surface area contributed by atoms with Gasteiger partial charge in [-0.2, -0.15) is 0 Å². The lowest BCUT2D eigenvalue weighted by Gasteiger charge is -2.30. The summed E-state index contributed by atoms with van der Waals surface area (Å²) in [5.41, 5.74) is 5.82. The number of benzene rings is 1. The van der Waals surface area contributed by atoms with Gasteiger partial charge in [-0.25, -0.2) is 0 Å². The lowest BCUT2D eigenvalue weighted by atomic mass is 9.96. The van der Waals surface area contributed by atoms with Gasteiger partial charge >= 0.3 is 0 Å². The molecule has 4 heterocycles. The van der Waals surface area contributed by atoms with Gasteiger partial charge in [-0.3, -0.25) is 9.88 Å². The van der Waals surface area contributed by atoms with Crippen molar-refractivity contribution in [1.82, 2.24) is 24.7 Å². The fraction of sp³-hybridized carbons (Fsp3) is 0.429. The van der Waals surface area contributed by atoms with Crippen LogP contribution in [-0.2, 0) is 4.74 Å². The molecule has 2 aromatic heterocycles. The Morgan fingerprint density at radius 3 is 2.56 bits per heavy atom. The summed E-state index contributed by atoms with van der Waals surface area (Å²) in [6, 6.07) is 16.7. The summed E-state index contributed by atoms with van der Waals surface area (Å²) in [7, 11) is 1.70. The van der Waals surface area contributed by atoms with Gasteiger partial charge in [-0.05, 0) is 80.5 Å². The molecule has 2 atom stereocenters. The highest BCUT2D eigenvalue weighted by Crippen LogP contribution is 2.41. The van der Waals surface area contributed by atoms with Crippen LogP contribution in [0.4, 0.5) is 0 Å². The molecule has 0 unspecified atom stereocenters. The minimum absolute atomic E-state index is 0.00750. The van der Waals surface area contributed by atoms with Crippen molar-refractivity contribution in [2.45, 2.75) is 32.4 Å². The molecule has 2 fully saturated rings. The molecule has 0 saturated carbocycles. The molecule has 1 N–H and O–H groups in total. The maximum Gasteiger partial charge on any atom is 0.170 e. The molecule has 7 nitrogen and oxygen atoms in total. The molecule has 5 rings (SSSR count). The highest BCUT2D eigenvalue weighted by Gasteiger charge is 2.41. The maximum atomic E-state index is 5.90. The van der Waals surface area contributed by atoms with Gasteiger partial charge in [0.2, 0.25) is 0 Å². The molecular weight excluding hydrogens is 470 g/mol. The Balaban J connectivity index is 1.46. The third-order valence-corrected chi connectivity index (χ3v) is 7.65. The van der Waals surface area contributed by atoms with Crippen molar-refractivity contribution >= 4 is 17.3 Å². The van der Waals surface area contributed by atoms with Gasteiger partial charge in [0, 0.05) is 49.5 Å². The molecule has 190 valence electrons. The molecule has 2 saturated heterocycles. The number of morpholine rings is 1. The number of nitrogens with one attached hydrogen (secondary N) is 1. The number of hydrogen-bond acceptors (Lipinski definition) is 5.